The van der Waals surface area contributed by atoms with Gasteiger partial charge in [-0.1, -0.05) is 0 Å². The fourth-order valence-corrected chi connectivity index (χ4v) is 2.31. The van der Waals surface area contributed by atoms with E-state index >= 15 is 0 Å². The van der Waals surface area contributed by atoms with Crippen molar-refractivity contribution >= 4 is 5.91 Å². The summed E-state index contributed by atoms with van der Waals surface area (Å²) in [5, 5.41) is 4.43. The molecule has 7 nitrogen and oxygen atoms in total. The van der Waals surface area contributed by atoms with Crippen LogP contribution in [0.1, 0.15) is 29.9 Å². The Morgan fingerprint density at radius 1 is 1.30 bits per heavy atom. The van der Waals surface area contributed by atoms with Gasteiger partial charge in [0.2, 0.25) is 5.91 Å². The summed E-state index contributed by atoms with van der Waals surface area (Å²) in [7, 11) is 0. The van der Waals surface area contributed by atoms with Crippen LogP contribution in [0.25, 0.3) is 17.4 Å². The van der Waals surface area contributed by atoms with E-state index in [4.69, 9.17) is 10.2 Å². The van der Waals surface area contributed by atoms with Crippen LogP contribution in [0.3, 0.4) is 0 Å². The van der Waals surface area contributed by atoms with Crippen LogP contribution < -0.4 is 5.73 Å². The van der Waals surface area contributed by atoms with E-state index in [1.165, 1.54) is 0 Å². The van der Waals surface area contributed by atoms with Crippen molar-refractivity contribution in [3.05, 3.63) is 47.6 Å². The lowest BCUT2D eigenvalue weighted by Gasteiger charge is -2.11. The number of nitrogens with two attached hydrogens (primary N) is 1. The topological polar surface area (TPSA) is 99.8 Å². The molecule has 0 radical (unpaired) electrons. The number of hydrogen-bond acceptors (Lipinski definition) is 5. The molecule has 0 bridgehead atoms. The Morgan fingerprint density at radius 2 is 2.09 bits per heavy atom. The van der Waals surface area contributed by atoms with Crippen molar-refractivity contribution in [1.29, 1.82) is 0 Å². The Hall–Kier alpha value is -2.96. The van der Waals surface area contributed by atoms with Crippen LogP contribution in [0.4, 0.5) is 0 Å². The van der Waals surface area contributed by atoms with Crippen molar-refractivity contribution < 1.29 is 9.21 Å². The second kappa shape index (κ2) is 5.68. The Kier molecular flexibility index (Phi) is 3.69. The molecule has 3 aromatic rings. The number of amides is 1. The van der Waals surface area contributed by atoms with Crippen molar-refractivity contribution in [2.45, 2.75) is 26.7 Å². The summed E-state index contributed by atoms with van der Waals surface area (Å²) in [5.74, 6) is 0.491. The molecule has 3 aromatic heterocycles. The minimum Gasteiger partial charge on any atom is -0.461 e. The molecule has 0 spiro atoms. The first-order valence-corrected chi connectivity index (χ1v) is 7.21. The zero-order valence-electron chi connectivity index (χ0n) is 13.1. The van der Waals surface area contributed by atoms with Crippen molar-refractivity contribution in [3.8, 4) is 17.4 Å². The van der Waals surface area contributed by atoms with Gasteiger partial charge in [-0.2, -0.15) is 5.10 Å². The number of aromatic nitrogens is 4. The van der Waals surface area contributed by atoms with Crippen LogP contribution in [0.2, 0.25) is 0 Å². The Balaban J connectivity index is 2.19. The molecular formula is C16H17N5O2. The second-order valence-corrected chi connectivity index (χ2v) is 5.41. The Morgan fingerprint density at radius 3 is 2.65 bits per heavy atom. The van der Waals surface area contributed by atoms with Gasteiger partial charge in [0, 0.05) is 11.8 Å². The summed E-state index contributed by atoms with van der Waals surface area (Å²) in [6, 6.07) is 7.19. The standard InChI is InChI=1S/C16H17N5O2/c1-9-7-10(2)21(20-9)14-8-12(11(3)15(17)22)18-16(19-14)13-5-4-6-23-13/h4-8,11H,1-3H3,(H2,17,22). The van der Waals surface area contributed by atoms with E-state index in [0.29, 0.717) is 23.1 Å². The van der Waals surface area contributed by atoms with Gasteiger partial charge in [-0.05, 0) is 39.0 Å². The molecule has 7 heteroatoms. The van der Waals surface area contributed by atoms with Crippen LogP contribution >= 0.6 is 0 Å². The second-order valence-electron chi connectivity index (χ2n) is 5.41. The van der Waals surface area contributed by atoms with Gasteiger partial charge in [0.05, 0.1) is 23.6 Å². The van der Waals surface area contributed by atoms with Crippen LogP contribution in [0.5, 0.6) is 0 Å². The lowest BCUT2D eigenvalue weighted by Crippen LogP contribution is -2.20. The monoisotopic (exact) mass is 311 g/mol. The number of rotatable bonds is 4. The van der Waals surface area contributed by atoms with Crippen LogP contribution in [-0.2, 0) is 4.79 Å². The minimum atomic E-state index is -0.539. The molecule has 0 aliphatic heterocycles. The Bertz CT molecular complexity index is 851. The largest absolute Gasteiger partial charge is 0.461 e. The number of carbonyl (C=O) groups is 1. The highest BCUT2D eigenvalue weighted by Gasteiger charge is 2.19. The lowest BCUT2D eigenvalue weighted by molar-refractivity contribution is -0.119. The van der Waals surface area contributed by atoms with Gasteiger partial charge in [0.1, 0.15) is 0 Å². The molecular weight excluding hydrogens is 294 g/mol. The first-order valence-electron chi connectivity index (χ1n) is 7.21. The van der Waals surface area contributed by atoms with Crippen LogP contribution in [0, 0.1) is 13.8 Å². The van der Waals surface area contributed by atoms with Crippen LogP contribution in [-0.4, -0.2) is 25.7 Å². The van der Waals surface area contributed by atoms with Gasteiger partial charge in [0.15, 0.2) is 17.4 Å². The molecule has 23 heavy (non-hydrogen) atoms. The maximum atomic E-state index is 11.5. The van der Waals surface area contributed by atoms with Crippen molar-refractivity contribution in [2.75, 3.05) is 0 Å². The van der Waals surface area contributed by atoms with Gasteiger partial charge in [-0.15, -0.1) is 0 Å². The maximum absolute atomic E-state index is 11.5. The third-order valence-corrected chi connectivity index (χ3v) is 3.57. The zero-order valence-corrected chi connectivity index (χ0v) is 13.1. The Labute approximate surface area is 133 Å². The molecule has 0 fully saturated rings. The highest BCUT2D eigenvalue weighted by molar-refractivity contribution is 5.81. The first-order chi connectivity index (χ1) is 11.0. The summed E-state index contributed by atoms with van der Waals surface area (Å²) in [6.07, 6.45) is 1.55. The smallest absolute Gasteiger partial charge is 0.226 e. The minimum absolute atomic E-state index is 0.392. The van der Waals surface area contributed by atoms with Gasteiger partial charge in [-0.25, -0.2) is 14.6 Å². The molecule has 0 saturated carbocycles. The fourth-order valence-electron chi connectivity index (χ4n) is 2.31. The fraction of sp³-hybridized carbons (Fsp3) is 0.250. The summed E-state index contributed by atoms with van der Waals surface area (Å²) in [4.78, 5) is 20.5. The molecule has 2 N–H and O–H groups in total. The average molecular weight is 311 g/mol. The van der Waals surface area contributed by atoms with E-state index in [1.807, 2.05) is 19.9 Å². The molecule has 1 amide bonds. The molecule has 0 aromatic carbocycles. The molecule has 118 valence electrons. The van der Waals surface area contributed by atoms with Crippen LogP contribution in [0.15, 0.2) is 34.9 Å². The van der Waals surface area contributed by atoms with E-state index in [9.17, 15) is 4.79 Å². The number of primary amides is 1. The predicted molar refractivity (Wildman–Crippen MR) is 83.9 cm³/mol. The van der Waals surface area contributed by atoms with Gasteiger partial charge in [-0.3, -0.25) is 4.79 Å². The first kappa shape index (κ1) is 15.0. The van der Waals surface area contributed by atoms with Crippen molar-refractivity contribution in [1.82, 2.24) is 19.7 Å². The molecule has 3 rings (SSSR count). The molecule has 1 atom stereocenters. The molecule has 1 unspecified atom stereocenters. The van der Waals surface area contributed by atoms with E-state index in [-0.39, 0.29) is 0 Å². The third kappa shape index (κ3) is 2.85. The lowest BCUT2D eigenvalue weighted by atomic mass is 10.1. The molecule has 0 aliphatic carbocycles. The van der Waals surface area contributed by atoms with E-state index < -0.39 is 11.8 Å². The van der Waals surface area contributed by atoms with Crippen molar-refractivity contribution in [3.63, 3.8) is 0 Å². The number of nitrogens with zero attached hydrogens (tertiary/aromatic N) is 4. The number of aryl methyl sites for hydroxylation is 2. The SMILES string of the molecule is Cc1cc(C)n(-c2cc(C(C)C(N)=O)nc(-c3ccco3)n2)n1. The highest BCUT2D eigenvalue weighted by atomic mass is 16.3. The normalized spacial score (nSPS) is 12.3. The quantitative estimate of drug-likeness (QED) is 0.795. The number of carbonyl (C=O) groups excluding carboxylic acids is 1. The van der Waals surface area contributed by atoms with E-state index in [0.717, 1.165) is 11.4 Å². The summed E-state index contributed by atoms with van der Waals surface area (Å²) >= 11 is 0. The van der Waals surface area contributed by atoms with Gasteiger partial charge < -0.3 is 10.2 Å². The number of hydrogen-bond donors (Lipinski definition) is 1. The molecule has 3 heterocycles. The average Bonchev–Trinajstić information content (AvgIpc) is 3.15. The van der Waals surface area contributed by atoms with E-state index in [1.54, 1.807) is 36.1 Å². The van der Waals surface area contributed by atoms with Crippen molar-refractivity contribution in [2.24, 2.45) is 5.73 Å². The summed E-state index contributed by atoms with van der Waals surface area (Å²) in [6.45, 7) is 5.55. The van der Waals surface area contributed by atoms with E-state index in [2.05, 4.69) is 15.1 Å². The maximum Gasteiger partial charge on any atom is 0.226 e. The third-order valence-electron chi connectivity index (χ3n) is 3.57. The van der Waals surface area contributed by atoms with Gasteiger partial charge >= 0.3 is 0 Å². The predicted octanol–water partition coefficient (Wildman–Crippen LogP) is 2.13. The number of furan rings is 1. The highest BCUT2D eigenvalue weighted by Crippen LogP contribution is 2.22. The zero-order chi connectivity index (χ0) is 16.6. The summed E-state index contributed by atoms with van der Waals surface area (Å²) < 4.78 is 7.08. The van der Waals surface area contributed by atoms with Gasteiger partial charge in [0.25, 0.3) is 0 Å². The molecule has 0 aliphatic rings. The molecule has 0 saturated heterocycles. The summed E-state index contributed by atoms with van der Waals surface area (Å²) in [5.41, 5.74) is 7.76.